The Kier molecular flexibility index (Phi) is 6.30. The van der Waals surface area contributed by atoms with Crippen LogP contribution < -0.4 is 5.32 Å². The molecule has 5 heteroatoms. The SMILES string of the molecule is CC(C)C(=O)OC(C)(C)OC(=O)NCC1CCCCC1. The van der Waals surface area contributed by atoms with Gasteiger partial charge in [0, 0.05) is 20.4 Å². The lowest BCUT2D eigenvalue weighted by molar-refractivity contribution is -0.198. The number of rotatable bonds is 5. The molecule has 1 saturated carbocycles. The maximum Gasteiger partial charge on any atom is 0.410 e. The Morgan fingerprint density at radius 1 is 1.15 bits per heavy atom. The van der Waals surface area contributed by atoms with Gasteiger partial charge in [-0.1, -0.05) is 33.1 Å². The summed E-state index contributed by atoms with van der Waals surface area (Å²) >= 11 is 0. The van der Waals surface area contributed by atoms with Gasteiger partial charge >= 0.3 is 12.1 Å². The lowest BCUT2D eigenvalue weighted by atomic mass is 9.89. The van der Waals surface area contributed by atoms with Crippen molar-refractivity contribution in [3.8, 4) is 0 Å². The Morgan fingerprint density at radius 2 is 1.75 bits per heavy atom. The second-order valence-corrected chi connectivity index (χ2v) is 6.25. The molecule has 0 aromatic heterocycles. The third-order valence-corrected chi connectivity index (χ3v) is 3.42. The summed E-state index contributed by atoms with van der Waals surface area (Å²) in [5, 5.41) is 2.76. The molecular weight excluding hydrogens is 258 g/mol. The number of carbonyl (C=O) groups excluding carboxylic acids is 2. The number of hydrogen-bond acceptors (Lipinski definition) is 4. The van der Waals surface area contributed by atoms with E-state index in [1.165, 1.54) is 19.3 Å². The molecule has 0 spiro atoms. The van der Waals surface area contributed by atoms with Crippen molar-refractivity contribution >= 4 is 12.1 Å². The van der Waals surface area contributed by atoms with Gasteiger partial charge in [0.05, 0.1) is 5.92 Å². The second kappa shape index (κ2) is 7.50. The highest BCUT2D eigenvalue weighted by atomic mass is 16.7. The van der Waals surface area contributed by atoms with Crippen molar-refractivity contribution in [2.24, 2.45) is 11.8 Å². The molecule has 5 nitrogen and oxygen atoms in total. The molecule has 0 saturated heterocycles. The number of hydrogen-bond donors (Lipinski definition) is 1. The average Bonchev–Trinajstić information content (AvgIpc) is 2.36. The van der Waals surface area contributed by atoms with Crippen molar-refractivity contribution in [1.29, 1.82) is 0 Å². The van der Waals surface area contributed by atoms with E-state index in [-0.39, 0.29) is 11.9 Å². The van der Waals surface area contributed by atoms with Crippen molar-refractivity contribution < 1.29 is 19.1 Å². The van der Waals surface area contributed by atoms with E-state index >= 15 is 0 Å². The Bertz CT molecular complexity index is 333. The molecule has 0 heterocycles. The van der Waals surface area contributed by atoms with Gasteiger partial charge < -0.3 is 14.8 Å². The van der Waals surface area contributed by atoms with Crippen LogP contribution in [-0.2, 0) is 14.3 Å². The molecule has 0 aromatic rings. The Hall–Kier alpha value is -1.26. The quantitative estimate of drug-likeness (QED) is 0.622. The maximum atomic E-state index is 11.7. The van der Waals surface area contributed by atoms with Gasteiger partial charge in [0.15, 0.2) is 0 Å². The van der Waals surface area contributed by atoms with Crippen molar-refractivity contribution in [3.05, 3.63) is 0 Å². The standard InChI is InChI=1S/C15H27NO4/c1-11(2)13(17)19-15(3,4)20-14(18)16-10-12-8-6-5-7-9-12/h11-12H,5-10H2,1-4H3,(H,16,18). The average molecular weight is 285 g/mol. The normalized spacial score (nSPS) is 16.9. The highest BCUT2D eigenvalue weighted by molar-refractivity contribution is 5.72. The monoisotopic (exact) mass is 285 g/mol. The minimum Gasteiger partial charge on any atom is -0.423 e. The number of esters is 1. The number of amides is 1. The number of ether oxygens (including phenoxy) is 2. The van der Waals surface area contributed by atoms with Crippen LogP contribution in [-0.4, -0.2) is 24.4 Å². The van der Waals surface area contributed by atoms with Crippen molar-refractivity contribution in [2.45, 2.75) is 65.6 Å². The van der Waals surface area contributed by atoms with E-state index in [0.29, 0.717) is 12.5 Å². The van der Waals surface area contributed by atoms with Crippen LogP contribution in [0, 0.1) is 11.8 Å². The summed E-state index contributed by atoms with van der Waals surface area (Å²) in [5.74, 6) is -1.33. The minimum atomic E-state index is -1.24. The molecule has 0 aromatic carbocycles. The summed E-state index contributed by atoms with van der Waals surface area (Å²) in [5.41, 5.74) is 0. The third-order valence-electron chi connectivity index (χ3n) is 3.42. The van der Waals surface area contributed by atoms with E-state index in [2.05, 4.69) is 5.32 Å². The van der Waals surface area contributed by atoms with Crippen LogP contribution in [0.3, 0.4) is 0 Å². The van der Waals surface area contributed by atoms with Gasteiger partial charge in [-0.2, -0.15) is 0 Å². The van der Waals surface area contributed by atoms with Gasteiger partial charge in [0.25, 0.3) is 5.79 Å². The largest absolute Gasteiger partial charge is 0.423 e. The first kappa shape index (κ1) is 16.8. The van der Waals surface area contributed by atoms with E-state index in [4.69, 9.17) is 9.47 Å². The Labute approximate surface area is 121 Å². The van der Waals surface area contributed by atoms with Crippen molar-refractivity contribution in [1.82, 2.24) is 5.32 Å². The first-order valence-electron chi connectivity index (χ1n) is 7.50. The van der Waals surface area contributed by atoms with E-state index in [0.717, 1.165) is 12.8 Å². The molecule has 0 radical (unpaired) electrons. The number of alkyl carbamates (subject to hydrolysis) is 1. The predicted molar refractivity (Wildman–Crippen MR) is 76.1 cm³/mol. The Balaban J connectivity index is 2.30. The molecule has 0 unspecified atom stereocenters. The van der Waals surface area contributed by atoms with Gasteiger partial charge in [0.1, 0.15) is 0 Å². The van der Waals surface area contributed by atoms with Crippen LogP contribution in [0.2, 0.25) is 0 Å². The zero-order valence-electron chi connectivity index (χ0n) is 13.0. The first-order chi connectivity index (χ1) is 9.30. The van der Waals surface area contributed by atoms with Crippen LogP contribution >= 0.6 is 0 Å². The smallest absolute Gasteiger partial charge is 0.410 e. The molecule has 0 bridgehead atoms. The molecule has 116 valence electrons. The molecule has 1 aliphatic rings. The van der Waals surface area contributed by atoms with Gasteiger partial charge in [-0.05, 0) is 18.8 Å². The number of carbonyl (C=O) groups is 2. The highest BCUT2D eigenvalue weighted by Crippen LogP contribution is 2.23. The number of nitrogens with one attached hydrogen (secondary N) is 1. The molecule has 1 aliphatic carbocycles. The summed E-state index contributed by atoms with van der Waals surface area (Å²) in [6, 6.07) is 0. The van der Waals surface area contributed by atoms with Gasteiger partial charge in [-0.15, -0.1) is 0 Å². The fourth-order valence-corrected chi connectivity index (χ4v) is 2.26. The van der Waals surface area contributed by atoms with Crippen LogP contribution in [0.25, 0.3) is 0 Å². The maximum absolute atomic E-state index is 11.7. The molecule has 1 N–H and O–H groups in total. The fourth-order valence-electron chi connectivity index (χ4n) is 2.26. The van der Waals surface area contributed by atoms with Crippen molar-refractivity contribution in [3.63, 3.8) is 0 Å². The molecular formula is C15H27NO4. The van der Waals surface area contributed by atoms with Crippen LogP contribution in [0.1, 0.15) is 59.8 Å². The molecule has 0 atom stereocenters. The van der Waals surface area contributed by atoms with E-state index in [1.807, 2.05) is 0 Å². The Morgan fingerprint density at radius 3 is 2.30 bits per heavy atom. The third kappa shape index (κ3) is 6.26. The molecule has 1 fully saturated rings. The highest BCUT2D eigenvalue weighted by Gasteiger charge is 2.28. The van der Waals surface area contributed by atoms with Crippen molar-refractivity contribution in [2.75, 3.05) is 6.54 Å². The zero-order chi connectivity index (χ0) is 15.2. The summed E-state index contributed by atoms with van der Waals surface area (Å²) in [6.07, 6.45) is 5.55. The lowest BCUT2D eigenvalue weighted by Gasteiger charge is -2.27. The first-order valence-corrected chi connectivity index (χ1v) is 7.50. The second-order valence-electron chi connectivity index (χ2n) is 6.25. The van der Waals surface area contributed by atoms with Crippen LogP contribution in [0.5, 0.6) is 0 Å². The summed E-state index contributed by atoms with van der Waals surface area (Å²) in [7, 11) is 0. The minimum absolute atomic E-state index is 0.247. The fraction of sp³-hybridized carbons (Fsp3) is 0.867. The lowest BCUT2D eigenvalue weighted by Crippen LogP contribution is -2.40. The topological polar surface area (TPSA) is 64.6 Å². The van der Waals surface area contributed by atoms with Gasteiger partial charge in [-0.3, -0.25) is 4.79 Å². The van der Waals surface area contributed by atoms with Gasteiger partial charge in [-0.25, -0.2) is 4.79 Å². The summed E-state index contributed by atoms with van der Waals surface area (Å²) < 4.78 is 10.3. The molecule has 0 aliphatic heterocycles. The molecule has 1 amide bonds. The predicted octanol–water partition coefficient (Wildman–Crippen LogP) is 3.23. The van der Waals surface area contributed by atoms with E-state index in [1.54, 1.807) is 27.7 Å². The van der Waals surface area contributed by atoms with Crippen LogP contribution in [0.4, 0.5) is 4.79 Å². The van der Waals surface area contributed by atoms with Gasteiger partial charge in [0.2, 0.25) is 0 Å². The van der Waals surface area contributed by atoms with E-state index in [9.17, 15) is 9.59 Å². The molecule has 1 rings (SSSR count). The summed E-state index contributed by atoms with van der Waals surface area (Å²) in [6.45, 7) is 7.23. The molecule has 20 heavy (non-hydrogen) atoms. The zero-order valence-corrected chi connectivity index (χ0v) is 13.0. The summed E-state index contributed by atoms with van der Waals surface area (Å²) in [4.78, 5) is 23.2. The van der Waals surface area contributed by atoms with Crippen LogP contribution in [0.15, 0.2) is 0 Å². The van der Waals surface area contributed by atoms with E-state index < -0.39 is 11.9 Å².